The summed E-state index contributed by atoms with van der Waals surface area (Å²) in [7, 11) is 5.71. The molecule has 0 saturated heterocycles. The lowest BCUT2D eigenvalue weighted by Crippen LogP contribution is -2.49. The molecule has 0 spiro atoms. The van der Waals surface area contributed by atoms with Gasteiger partial charge in [0.05, 0.1) is 21.1 Å². The Bertz CT molecular complexity index is 163. The van der Waals surface area contributed by atoms with Crippen molar-refractivity contribution in [3.63, 3.8) is 0 Å². The number of rotatable bonds is 6. The summed E-state index contributed by atoms with van der Waals surface area (Å²) >= 11 is 0. The van der Waals surface area contributed by atoms with Crippen molar-refractivity contribution in [3.05, 3.63) is 0 Å². The first kappa shape index (κ1) is 12.4. The van der Waals surface area contributed by atoms with E-state index in [-0.39, 0.29) is 6.04 Å². The third-order valence-corrected chi connectivity index (χ3v) is 2.15. The fourth-order valence-corrected chi connectivity index (χ4v) is 1.32. The number of hydrogen-bond acceptors (Lipinski definition) is 2. The molecule has 1 unspecified atom stereocenters. The first-order valence-corrected chi connectivity index (χ1v) is 4.63. The maximum Gasteiger partial charge on any atom is 0.362 e. The molecule has 0 radical (unpaired) electrons. The van der Waals surface area contributed by atoms with Crippen molar-refractivity contribution >= 4 is 5.97 Å². The topological polar surface area (TPSA) is 63.3 Å². The zero-order valence-corrected chi connectivity index (χ0v) is 8.79. The molecule has 13 heavy (non-hydrogen) atoms. The maximum absolute atomic E-state index is 10.9. The molecule has 1 atom stereocenters. The minimum Gasteiger partial charge on any atom is -0.477 e. The van der Waals surface area contributed by atoms with Gasteiger partial charge in [0.2, 0.25) is 0 Å². The van der Waals surface area contributed by atoms with E-state index in [0.717, 1.165) is 12.8 Å². The highest BCUT2D eigenvalue weighted by Crippen LogP contribution is 2.11. The zero-order chi connectivity index (χ0) is 10.5. The van der Waals surface area contributed by atoms with E-state index in [2.05, 4.69) is 0 Å². The highest BCUT2D eigenvalue weighted by molar-refractivity contribution is 5.72. The summed E-state index contributed by atoms with van der Waals surface area (Å²) in [5.41, 5.74) is 5.35. The van der Waals surface area contributed by atoms with Crippen LogP contribution in [0.5, 0.6) is 0 Å². The molecule has 3 N–H and O–H groups in total. The third-order valence-electron chi connectivity index (χ3n) is 2.15. The molecule has 0 aromatic carbocycles. The van der Waals surface area contributed by atoms with E-state index in [1.54, 1.807) is 0 Å². The molecule has 0 aromatic rings. The summed E-state index contributed by atoms with van der Waals surface area (Å²) < 4.78 is 0.472. The zero-order valence-electron chi connectivity index (χ0n) is 8.79. The van der Waals surface area contributed by atoms with E-state index >= 15 is 0 Å². The lowest BCUT2D eigenvalue weighted by atomic mass is 10.1. The Morgan fingerprint density at radius 2 is 1.92 bits per heavy atom. The van der Waals surface area contributed by atoms with Crippen LogP contribution in [0.1, 0.15) is 19.3 Å². The first-order chi connectivity index (χ1) is 5.89. The van der Waals surface area contributed by atoms with Crippen molar-refractivity contribution in [3.8, 4) is 0 Å². The summed E-state index contributed by atoms with van der Waals surface area (Å²) in [6.45, 7) is 0.642. The van der Waals surface area contributed by atoms with Crippen LogP contribution in [0.15, 0.2) is 0 Å². The van der Waals surface area contributed by atoms with Gasteiger partial charge in [0.1, 0.15) is 0 Å². The summed E-state index contributed by atoms with van der Waals surface area (Å²) in [5.74, 6) is -0.718. The Labute approximate surface area is 79.9 Å². The van der Waals surface area contributed by atoms with Crippen molar-refractivity contribution in [2.75, 3.05) is 27.7 Å². The van der Waals surface area contributed by atoms with Gasteiger partial charge in [-0.15, -0.1) is 0 Å². The van der Waals surface area contributed by atoms with Crippen LogP contribution in [0.25, 0.3) is 0 Å². The molecule has 0 aliphatic carbocycles. The summed E-state index contributed by atoms with van der Waals surface area (Å²) in [4.78, 5) is 10.9. The molecule has 0 amide bonds. The molecule has 78 valence electrons. The first-order valence-electron chi connectivity index (χ1n) is 4.63. The average Bonchev–Trinajstić information content (AvgIpc) is 1.94. The Morgan fingerprint density at radius 1 is 1.38 bits per heavy atom. The van der Waals surface area contributed by atoms with Gasteiger partial charge >= 0.3 is 5.97 Å². The lowest BCUT2D eigenvalue weighted by Gasteiger charge is -2.31. The van der Waals surface area contributed by atoms with E-state index in [9.17, 15) is 4.79 Å². The number of hydrogen-bond donors (Lipinski definition) is 2. The minimum atomic E-state index is -0.718. The van der Waals surface area contributed by atoms with Gasteiger partial charge in [-0.25, -0.2) is 4.79 Å². The fraction of sp³-hybridized carbons (Fsp3) is 0.889. The molecular formula is C9H21N2O2+. The van der Waals surface area contributed by atoms with Gasteiger partial charge in [-0.1, -0.05) is 0 Å². The SMILES string of the molecule is C[N+](C)(C)C(CCCCN)C(=O)O. The van der Waals surface area contributed by atoms with Crippen molar-refractivity contribution < 1.29 is 14.4 Å². The van der Waals surface area contributed by atoms with Crippen LogP contribution in [0, 0.1) is 0 Å². The Hall–Kier alpha value is -0.610. The predicted octanol–water partition coefficient (Wildman–Crippen LogP) is 0.275. The normalized spacial score (nSPS) is 14.2. The van der Waals surface area contributed by atoms with E-state index in [1.165, 1.54) is 0 Å². The standard InChI is InChI=1S/C9H20N2O2/c1-11(2,3)8(9(12)13)6-4-5-7-10/h8H,4-7,10H2,1-3H3/p+1. The highest BCUT2D eigenvalue weighted by atomic mass is 16.4. The second kappa shape index (κ2) is 5.19. The predicted molar refractivity (Wildman–Crippen MR) is 52.4 cm³/mol. The van der Waals surface area contributed by atoms with Crippen molar-refractivity contribution in [2.24, 2.45) is 5.73 Å². The molecule has 0 aliphatic heterocycles. The van der Waals surface area contributed by atoms with Crippen LogP contribution in [-0.2, 0) is 4.79 Å². The van der Waals surface area contributed by atoms with E-state index in [0.29, 0.717) is 17.4 Å². The largest absolute Gasteiger partial charge is 0.477 e. The number of quaternary nitrogens is 1. The Balaban J connectivity index is 4.04. The molecule has 0 rings (SSSR count). The molecule has 0 fully saturated rings. The van der Waals surface area contributed by atoms with Gasteiger partial charge < -0.3 is 15.3 Å². The van der Waals surface area contributed by atoms with Gasteiger partial charge in [0.15, 0.2) is 6.04 Å². The van der Waals surface area contributed by atoms with Crippen molar-refractivity contribution in [1.82, 2.24) is 0 Å². The molecule has 4 heteroatoms. The number of carboxylic acids is 1. The minimum absolute atomic E-state index is 0.313. The average molecular weight is 189 g/mol. The van der Waals surface area contributed by atoms with Crippen LogP contribution in [0.2, 0.25) is 0 Å². The van der Waals surface area contributed by atoms with Gasteiger partial charge in [-0.3, -0.25) is 0 Å². The van der Waals surface area contributed by atoms with Gasteiger partial charge in [-0.05, 0) is 19.4 Å². The van der Waals surface area contributed by atoms with Crippen LogP contribution in [0.3, 0.4) is 0 Å². The summed E-state index contributed by atoms with van der Waals surface area (Å²) in [6.07, 6.45) is 2.50. The fourth-order valence-electron chi connectivity index (χ4n) is 1.32. The molecule has 0 saturated carbocycles. The monoisotopic (exact) mass is 189 g/mol. The molecule has 0 heterocycles. The van der Waals surface area contributed by atoms with Gasteiger partial charge in [-0.2, -0.15) is 0 Å². The number of likely N-dealkylation sites (N-methyl/N-ethyl adjacent to an activating group) is 1. The van der Waals surface area contributed by atoms with E-state index in [4.69, 9.17) is 10.8 Å². The number of unbranched alkanes of at least 4 members (excludes halogenated alkanes) is 1. The number of carboxylic acid groups (broad SMARTS) is 1. The molecule has 4 nitrogen and oxygen atoms in total. The number of carbonyl (C=O) groups is 1. The van der Waals surface area contributed by atoms with Gasteiger partial charge in [0, 0.05) is 6.42 Å². The summed E-state index contributed by atoms with van der Waals surface area (Å²) in [5, 5.41) is 8.96. The second-order valence-corrected chi connectivity index (χ2v) is 4.25. The van der Waals surface area contributed by atoms with Crippen molar-refractivity contribution in [2.45, 2.75) is 25.3 Å². The second-order valence-electron chi connectivity index (χ2n) is 4.25. The van der Waals surface area contributed by atoms with E-state index < -0.39 is 5.97 Å². The molecule has 0 bridgehead atoms. The third kappa shape index (κ3) is 4.85. The molecule has 0 aromatic heterocycles. The van der Waals surface area contributed by atoms with E-state index in [1.807, 2.05) is 21.1 Å². The Kier molecular flexibility index (Phi) is 4.95. The number of aliphatic carboxylic acids is 1. The molecule has 0 aliphatic rings. The Morgan fingerprint density at radius 3 is 2.23 bits per heavy atom. The van der Waals surface area contributed by atoms with Crippen LogP contribution in [0.4, 0.5) is 0 Å². The van der Waals surface area contributed by atoms with Crippen molar-refractivity contribution in [1.29, 1.82) is 0 Å². The van der Waals surface area contributed by atoms with Crippen LogP contribution in [-0.4, -0.2) is 49.3 Å². The lowest BCUT2D eigenvalue weighted by molar-refractivity contribution is -0.887. The molecular weight excluding hydrogens is 168 g/mol. The quantitative estimate of drug-likeness (QED) is 0.466. The number of nitrogens with zero attached hydrogens (tertiary/aromatic N) is 1. The van der Waals surface area contributed by atoms with Gasteiger partial charge in [0.25, 0.3) is 0 Å². The highest BCUT2D eigenvalue weighted by Gasteiger charge is 2.30. The smallest absolute Gasteiger partial charge is 0.362 e. The van der Waals surface area contributed by atoms with Crippen LogP contribution >= 0.6 is 0 Å². The van der Waals surface area contributed by atoms with Crippen LogP contribution < -0.4 is 5.73 Å². The maximum atomic E-state index is 10.9. The number of nitrogens with two attached hydrogens (primary N) is 1. The summed E-state index contributed by atoms with van der Waals surface area (Å²) in [6, 6.07) is -0.313.